The number of hydrogen-bond acceptors (Lipinski definition) is 3. The molecule has 29 heavy (non-hydrogen) atoms. The molecule has 0 fully saturated rings. The zero-order valence-corrected chi connectivity index (χ0v) is 15.2. The van der Waals surface area contributed by atoms with Gasteiger partial charge in [-0.15, -0.1) is 0 Å². The van der Waals surface area contributed by atoms with Crippen molar-refractivity contribution in [2.75, 3.05) is 11.9 Å². The second-order valence-electron chi connectivity index (χ2n) is 6.69. The van der Waals surface area contributed by atoms with Crippen molar-refractivity contribution in [1.82, 2.24) is 14.9 Å². The molecule has 2 amide bonds. The lowest BCUT2D eigenvalue weighted by Gasteiger charge is -2.36. The van der Waals surface area contributed by atoms with Crippen LogP contribution in [0.2, 0.25) is 0 Å². The van der Waals surface area contributed by atoms with E-state index in [-0.39, 0.29) is 6.03 Å². The molecule has 3 aromatic rings. The first kappa shape index (κ1) is 18.9. The van der Waals surface area contributed by atoms with Crippen molar-refractivity contribution in [1.29, 1.82) is 0 Å². The van der Waals surface area contributed by atoms with Gasteiger partial charge in [-0.25, -0.2) is 4.79 Å². The van der Waals surface area contributed by atoms with E-state index < -0.39 is 17.8 Å². The van der Waals surface area contributed by atoms with Crippen LogP contribution in [0.1, 0.15) is 28.4 Å². The molecule has 1 atom stereocenters. The van der Waals surface area contributed by atoms with Crippen molar-refractivity contribution >= 4 is 11.7 Å². The smallest absolute Gasteiger partial charge is 0.311 e. The number of fused-ring (bicyclic) bond motifs is 1. The number of alkyl halides is 3. The summed E-state index contributed by atoms with van der Waals surface area (Å²) in [6.07, 6.45) is 0.945. The summed E-state index contributed by atoms with van der Waals surface area (Å²) in [5.41, 5.74) is 2.02. The van der Waals surface area contributed by atoms with E-state index in [1.807, 2.05) is 12.1 Å². The van der Waals surface area contributed by atoms with Gasteiger partial charge in [-0.05, 0) is 47.9 Å². The van der Waals surface area contributed by atoms with Gasteiger partial charge in [-0.1, -0.05) is 18.2 Å². The van der Waals surface area contributed by atoms with E-state index in [1.165, 1.54) is 18.3 Å². The molecule has 0 bridgehead atoms. The van der Waals surface area contributed by atoms with Gasteiger partial charge in [0.25, 0.3) is 0 Å². The molecule has 5 nitrogen and oxygen atoms in total. The molecule has 1 aliphatic heterocycles. The first-order chi connectivity index (χ1) is 13.9. The summed E-state index contributed by atoms with van der Waals surface area (Å²) in [5.74, 6) is 0. The maximum absolute atomic E-state index is 13.0. The number of rotatable bonds is 2. The summed E-state index contributed by atoms with van der Waals surface area (Å²) >= 11 is 0. The number of nitrogens with one attached hydrogen (secondary N) is 1. The molecular weight excluding hydrogens is 381 g/mol. The predicted molar refractivity (Wildman–Crippen MR) is 101 cm³/mol. The second kappa shape index (κ2) is 7.54. The van der Waals surface area contributed by atoms with E-state index >= 15 is 0 Å². The van der Waals surface area contributed by atoms with Gasteiger partial charge < -0.3 is 10.2 Å². The molecule has 0 radical (unpaired) electrons. The number of halogens is 3. The van der Waals surface area contributed by atoms with Crippen molar-refractivity contribution in [2.45, 2.75) is 18.6 Å². The fourth-order valence-electron chi connectivity index (χ4n) is 3.47. The Balaban J connectivity index is 1.70. The highest BCUT2D eigenvalue weighted by Crippen LogP contribution is 2.36. The van der Waals surface area contributed by atoms with E-state index in [1.54, 1.807) is 29.4 Å². The van der Waals surface area contributed by atoms with Crippen molar-refractivity contribution < 1.29 is 18.0 Å². The zero-order valence-electron chi connectivity index (χ0n) is 15.2. The molecule has 1 N–H and O–H groups in total. The fraction of sp³-hybridized carbons (Fsp3) is 0.190. The minimum atomic E-state index is -4.42. The van der Waals surface area contributed by atoms with Crippen molar-refractivity contribution in [2.24, 2.45) is 0 Å². The van der Waals surface area contributed by atoms with Gasteiger partial charge in [0.05, 0.1) is 23.1 Å². The number of carbonyl (C=O) groups is 1. The number of pyridine rings is 2. The monoisotopic (exact) mass is 398 g/mol. The predicted octanol–water partition coefficient (Wildman–Crippen LogP) is 4.68. The Hall–Kier alpha value is -3.42. The maximum Gasteiger partial charge on any atom is 0.416 e. The Labute approximate surface area is 165 Å². The molecular formula is C21H17F3N4O. The highest BCUT2D eigenvalue weighted by atomic mass is 19.4. The Morgan fingerprint density at radius 2 is 1.83 bits per heavy atom. The molecule has 0 spiro atoms. The number of amides is 2. The second-order valence-corrected chi connectivity index (χ2v) is 6.69. The van der Waals surface area contributed by atoms with E-state index in [2.05, 4.69) is 15.3 Å². The summed E-state index contributed by atoms with van der Waals surface area (Å²) < 4.78 is 38.9. The van der Waals surface area contributed by atoms with E-state index in [0.29, 0.717) is 29.9 Å². The van der Waals surface area contributed by atoms with Crippen molar-refractivity contribution in [3.8, 4) is 0 Å². The molecule has 1 aromatic carbocycles. The molecule has 148 valence electrons. The third kappa shape index (κ3) is 3.91. The molecule has 0 unspecified atom stereocenters. The third-order valence-corrected chi connectivity index (χ3v) is 4.85. The van der Waals surface area contributed by atoms with Crippen LogP contribution < -0.4 is 5.32 Å². The molecule has 4 rings (SSSR count). The van der Waals surface area contributed by atoms with Gasteiger partial charge >= 0.3 is 12.2 Å². The van der Waals surface area contributed by atoms with Crippen LogP contribution in [-0.2, 0) is 12.6 Å². The fourth-order valence-corrected chi connectivity index (χ4v) is 3.47. The van der Waals surface area contributed by atoms with Crippen LogP contribution in [0.3, 0.4) is 0 Å². The van der Waals surface area contributed by atoms with E-state index in [0.717, 1.165) is 17.7 Å². The summed E-state index contributed by atoms with van der Waals surface area (Å²) in [6, 6.07) is 11.1. The molecule has 2 aromatic heterocycles. The molecule has 1 aliphatic rings. The number of anilines is 1. The molecule has 0 saturated carbocycles. The first-order valence-electron chi connectivity index (χ1n) is 9.02. The minimum absolute atomic E-state index is 0.362. The Morgan fingerprint density at radius 1 is 1.07 bits per heavy atom. The van der Waals surface area contributed by atoms with Crippen molar-refractivity contribution in [3.63, 3.8) is 0 Å². The van der Waals surface area contributed by atoms with Crippen LogP contribution in [-0.4, -0.2) is 27.4 Å². The minimum Gasteiger partial charge on any atom is -0.311 e. The van der Waals surface area contributed by atoms with Crippen LogP contribution in [0.25, 0.3) is 0 Å². The van der Waals surface area contributed by atoms with Crippen LogP contribution in [0.15, 0.2) is 67.1 Å². The van der Waals surface area contributed by atoms with Gasteiger partial charge in [0.1, 0.15) is 6.04 Å². The molecule has 3 heterocycles. The zero-order chi connectivity index (χ0) is 20.4. The largest absolute Gasteiger partial charge is 0.416 e. The highest BCUT2D eigenvalue weighted by molar-refractivity contribution is 5.89. The number of urea groups is 1. The van der Waals surface area contributed by atoms with Crippen LogP contribution in [0.4, 0.5) is 23.7 Å². The van der Waals surface area contributed by atoms with Crippen LogP contribution >= 0.6 is 0 Å². The Bertz CT molecular complexity index is 1010. The number of nitrogens with zero attached hydrogens (tertiary/aromatic N) is 3. The lowest BCUT2D eigenvalue weighted by atomic mass is 9.92. The number of aromatic nitrogens is 2. The maximum atomic E-state index is 13.0. The normalized spacial score (nSPS) is 16.2. The molecule has 8 heteroatoms. The number of benzene rings is 1. The highest BCUT2D eigenvalue weighted by Gasteiger charge is 2.35. The number of carbonyl (C=O) groups excluding carboxylic acids is 1. The Morgan fingerprint density at radius 3 is 2.52 bits per heavy atom. The quantitative estimate of drug-likeness (QED) is 0.682. The van der Waals surface area contributed by atoms with Gasteiger partial charge in [-0.3, -0.25) is 9.97 Å². The van der Waals surface area contributed by atoms with E-state index in [9.17, 15) is 18.0 Å². The average Bonchev–Trinajstić information content (AvgIpc) is 2.73. The average molecular weight is 398 g/mol. The van der Waals surface area contributed by atoms with Crippen molar-refractivity contribution in [3.05, 3.63) is 89.5 Å². The SMILES string of the molecule is O=C(Nc1cccnc1)N1CCc2cccnc2[C@H]1c1ccc(C(F)(F)F)cc1. The summed E-state index contributed by atoms with van der Waals surface area (Å²) in [7, 11) is 0. The van der Waals surface area contributed by atoms with Gasteiger partial charge in [-0.2, -0.15) is 13.2 Å². The van der Waals surface area contributed by atoms with Gasteiger partial charge in [0.2, 0.25) is 0 Å². The standard InChI is InChI=1S/C21H17F3N4O/c22-21(23,24)16-7-5-15(6-8-16)19-18-14(3-1-11-26-18)9-12-28(19)20(29)27-17-4-2-10-25-13-17/h1-8,10-11,13,19H,9,12H2,(H,27,29)/t19-/m1/s1. The lowest BCUT2D eigenvalue weighted by Crippen LogP contribution is -2.43. The topological polar surface area (TPSA) is 58.1 Å². The van der Waals surface area contributed by atoms with Crippen LogP contribution in [0, 0.1) is 0 Å². The first-order valence-corrected chi connectivity index (χ1v) is 9.02. The Kier molecular flexibility index (Phi) is 4.92. The summed E-state index contributed by atoms with van der Waals surface area (Å²) in [6.45, 7) is 0.413. The van der Waals surface area contributed by atoms with Crippen LogP contribution in [0.5, 0.6) is 0 Å². The van der Waals surface area contributed by atoms with Gasteiger partial charge in [0.15, 0.2) is 0 Å². The lowest BCUT2D eigenvalue weighted by molar-refractivity contribution is -0.137. The molecule has 0 saturated heterocycles. The van der Waals surface area contributed by atoms with Gasteiger partial charge in [0, 0.05) is 18.9 Å². The molecule has 0 aliphatic carbocycles. The number of hydrogen-bond donors (Lipinski definition) is 1. The van der Waals surface area contributed by atoms with E-state index in [4.69, 9.17) is 0 Å². The third-order valence-electron chi connectivity index (χ3n) is 4.85. The summed E-state index contributed by atoms with van der Waals surface area (Å²) in [4.78, 5) is 23.0. The summed E-state index contributed by atoms with van der Waals surface area (Å²) in [5, 5.41) is 2.79.